The molecule has 0 saturated carbocycles. The van der Waals surface area contributed by atoms with Gasteiger partial charge in [-0.05, 0) is 23.5 Å². The molecule has 19 heavy (non-hydrogen) atoms. The van der Waals surface area contributed by atoms with E-state index in [1.807, 2.05) is 0 Å². The summed E-state index contributed by atoms with van der Waals surface area (Å²) in [5.74, 6) is 0. The Morgan fingerprint density at radius 3 is 2.05 bits per heavy atom. The van der Waals surface area contributed by atoms with E-state index in [0.29, 0.717) is 18.6 Å². The second-order valence-corrected chi connectivity index (χ2v) is 13.1. The molecule has 1 aliphatic rings. The van der Waals surface area contributed by atoms with Crippen molar-refractivity contribution in [2.45, 2.75) is 71.8 Å². The van der Waals surface area contributed by atoms with E-state index in [4.69, 9.17) is 9.69 Å². The first kappa shape index (κ1) is 16.7. The molecular formula is C15H30N2OSi. The van der Waals surface area contributed by atoms with E-state index in [1.54, 1.807) is 0 Å². The van der Waals surface area contributed by atoms with Gasteiger partial charge in [0.2, 0.25) is 0 Å². The normalized spacial score (nSPS) is 28.1. The Kier molecular flexibility index (Phi) is 4.56. The lowest BCUT2D eigenvalue weighted by Crippen LogP contribution is -2.42. The monoisotopic (exact) mass is 282 g/mol. The molecule has 4 heteroatoms. The third-order valence-electron chi connectivity index (χ3n) is 4.62. The lowest BCUT2D eigenvalue weighted by molar-refractivity contribution is 0.271. The predicted molar refractivity (Wildman–Crippen MR) is 82.5 cm³/mol. The van der Waals surface area contributed by atoms with Crippen LogP contribution >= 0.6 is 0 Å². The van der Waals surface area contributed by atoms with Crippen LogP contribution in [-0.4, -0.2) is 38.5 Å². The zero-order valence-corrected chi connectivity index (χ0v) is 14.9. The number of rotatable bonds is 4. The molecule has 0 aromatic carbocycles. The van der Waals surface area contributed by atoms with E-state index in [9.17, 15) is 0 Å². The van der Waals surface area contributed by atoms with Crippen LogP contribution in [0.4, 0.5) is 0 Å². The third kappa shape index (κ3) is 3.81. The Bertz CT molecular complexity index is 360. The van der Waals surface area contributed by atoms with Gasteiger partial charge in [0.15, 0.2) is 8.32 Å². The van der Waals surface area contributed by atoms with E-state index in [0.717, 1.165) is 6.61 Å². The smallest absolute Gasteiger partial charge is 0.192 e. The highest BCUT2D eigenvalue weighted by Crippen LogP contribution is 2.43. The molecule has 3 atom stereocenters. The van der Waals surface area contributed by atoms with Crippen molar-refractivity contribution in [3.05, 3.63) is 0 Å². The number of hydrogen-bond donors (Lipinski definition) is 0. The summed E-state index contributed by atoms with van der Waals surface area (Å²) < 4.78 is 6.31. The van der Waals surface area contributed by atoms with Crippen LogP contribution in [0.1, 0.15) is 41.5 Å². The second-order valence-electron chi connectivity index (χ2n) is 8.28. The van der Waals surface area contributed by atoms with Gasteiger partial charge in [-0.2, -0.15) is 5.26 Å². The second kappa shape index (κ2) is 5.20. The first-order chi connectivity index (χ1) is 8.42. The van der Waals surface area contributed by atoms with E-state index >= 15 is 0 Å². The molecular weight excluding hydrogens is 252 g/mol. The molecule has 1 rings (SSSR count). The van der Waals surface area contributed by atoms with Crippen molar-refractivity contribution >= 4 is 8.32 Å². The lowest BCUT2D eigenvalue weighted by Gasteiger charge is -2.36. The van der Waals surface area contributed by atoms with Gasteiger partial charge < -0.3 is 4.43 Å². The first-order valence-corrected chi connectivity index (χ1v) is 10.1. The quantitative estimate of drug-likeness (QED) is 0.449. The summed E-state index contributed by atoms with van der Waals surface area (Å²) in [6.45, 7) is 19.4. The fraction of sp³-hybridized carbons (Fsp3) is 0.933. The molecule has 0 aromatic rings. The summed E-state index contributed by atoms with van der Waals surface area (Å²) in [7, 11) is -1.68. The third-order valence-corrected chi connectivity index (χ3v) is 9.12. The molecule has 1 heterocycles. The van der Waals surface area contributed by atoms with E-state index < -0.39 is 8.32 Å². The minimum absolute atomic E-state index is 0.221. The zero-order chi connectivity index (χ0) is 15.1. The van der Waals surface area contributed by atoms with Gasteiger partial charge in [-0.25, -0.2) is 0 Å². The van der Waals surface area contributed by atoms with Crippen molar-refractivity contribution in [3.63, 3.8) is 0 Å². The van der Waals surface area contributed by atoms with Crippen LogP contribution in [0.3, 0.4) is 0 Å². The van der Waals surface area contributed by atoms with Crippen molar-refractivity contribution in [1.82, 2.24) is 4.90 Å². The van der Waals surface area contributed by atoms with Crippen molar-refractivity contribution in [1.29, 1.82) is 5.26 Å². The van der Waals surface area contributed by atoms with Crippen LogP contribution in [0.5, 0.6) is 0 Å². The Labute approximate surface area is 120 Å². The fourth-order valence-electron chi connectivity index (χ4n) is 2.40. The molecule has 0 aromatic heterocycles. The Hall–Kier alpha value is -0.373. The van der Waals surface area contributed by atoms with Crippen molar-refractivity contribution in [2.75, 3.05) is 13.2 Å². The van der Waals surface area contributed by atoms with Crippen molar-refractivity contribution in [3.8, 4) is 6.07 Å². The van der Waals surface area contributed by atoms with Crippen LogP contribution in [0, 0.1) is 16.7 Å². The molecule has 0 spiro atoms. The molecule has 110 valence electrons. The van der Waals surface area contributed by atoms with E-state index in [1.165, 1.54) is 0 Å². The van der Waals surface area contributed by atoms with E-state index in [-0.39, 0.29) is 10.5 Å². The topological polar surface area (TPSA) is 36.0 Å². The van der Waals surface area contributed by atoms with Crippen molar-refractivity contribution in [2.24, 2.45) is 5.41 Å². The average Bonchev–Trinajstić information content (AvgIpc) is 2.87. The Morgan fingerprint density at radius 1 is 1.16 bits per heavy atom. The summed E-state index contributed by atoms with van der Waals surface area (Å²) in [4.78, 5) is 2.27. The molecule has 1 aliphatic heterocycles. The Balaban J connectivity index is 2.62. The highest BCUT2D eigenvalue weighted by Gasteiger charge is 2.54. The molecule has 0 radical (unpaired) electrons. The highest BCUT2D eigenvalue weighted by atomic mass is 28.4. The minimum Gasteiger partial charge on any atom is -0.415 e. The van der Waals surface area contributed by atoms with E-state index in [2.05, 4.69) is 65.6 Å². The van der Waals surface area contributed by atoms with Gasteiger partial charge in [0.05, 0.1) is 19.2 Å². The zero-order valence-electron chi connectivity index (χ0n) is 13.9. The summed E-state index contributed by atoms with van der Waals surface area (Å²) >= 11 is 0. The Morgan fingerprint density at radius 2 is 1.68 bits per heavy atom. The van der Waals surface area contributed by atoms with Crippen LogP contribution in [0.15, 0.2) is 0 Å². The predicted octanol–water partition coefficient (Wildman–Crippen LogP) is 3.63. The number of nitriles is 1. The molecule has 3 nitrogen and oxygen atoms in total. The molecule has 0 aliphatic carbocycles. The van der Waals surface area contributed by atoms with Crippen LogP contribution in [-0.2, 0) is 4.43 Å². The van der Waals surface area contributed by atoms with Crippen molar-refractivity contribution < 1.29 is 4.43 Å². The first-order valence-electron chi connectivity index (χ1n) is 7.18. The van der Waals surface area contributed by atoms with Crippen LogP contribution in [0.25, 0.3) is 0 Å². The maximum Gasteiger partial charge on any atom is 0.192 e. The molecule has 1 saturated heterocycles. The summed E-state index contributed by atoms with van der Waals surface area (Å²) in [5.41, 5.74) is 0.221. The average molecular weight is 283 g/mol. The highest BCUT2D eigenvalue weighted by molar-refractivity contribution is 6.74. The lowest BCUT2D eigenvalue weighted by atomic mass is 9.90. The standard InChI is InChI=1S/C15H30N2OSi/c1-14(2,3)13-12(17(13)10-9-16)11-18-19(7,8)15(4,5)6/h12-13H,10-11H2,1-8H3/t12-,13+,17?/m1/s1. The maximum atomic E-state index is 8.91. The molecule has 1 unspecified atom stereocenters. The van der Waals surface area contributed by atoms with Gasteiger partial charge in [-0.3, -0.25) is 4.90 Å². The van der Waals surface area contributed by atoms with Gasteiger partial charge >= 0.3 is 0 Å². The maximum absolute atomic E-state index is 8.91. The molecule has 1 fully saturated rings. The number of nitrogens with zero attached hydrogens (tertiary/aromatic N) is 2. The molecule has 0 N–H and O–H groups in total. The van der Waals surface area contributed by atoms with Gasteiger partial charge in [-0.1, -0.05) is 41.5 Å². The summed E-state index contributed by atoms with van der Waals surface area (Å²) in [6.07, 6.45) is 0. The van der Waals surface area contributed by atoms with Crippen LogP contribution in [0.2, 0.25) is 18.1 Å². The number of hydrogen-bond acceptors (Lipinski definition) is 3. The van der Waals surface area contributed by atoms with Gasteiger partial charge in [-0.15, -0.1) is 0 Å². The summed E-state index contributed by atoms with van der Waals surface area (Å²) in [5, 5.41) is 9.16. The molecule has 0 amide bonds. The van der Waals surface area contributed by atoms with Crippen LogP contribution < -0.4 is 0 Å². The SMILES string of the molecule is CC(C)(C)[C@@H]1[C@@H](CO[Si](C)(C)C(C)(C)C)N1CC#N. The minimum atomic E-state index is -1.68. The van der Waals surface area contributed by atoms with Gasteiger partial charge in [0, 0.05) is 12.1 Å². The fourth-order valence-corrected chi connectivity index (χ4v) is 3.42. The van der Waals surface area contributed by atoms with Gasteiger partial charge in [0.1, 0.15) is 0 Å². The molecule has 0 bridgehead atoms. The summed E-state index contributed by atoms with van der Waals surface area (Å²) in [6, 6.07) is 3.18. The largest absolute Gasteiger partial charge is 0.415 e. The van der Waals surface area contributed by atoms with Gasteiger partial charge in [0.25, 0.3) is 0 Å².